The number of aliphatic imine (C=N–C) groups is 1. The number of nitrogens with one attached hydrogen (secondary N) is 1. The molecule has 124 valence electrons. The SMILES string of the molecule is CC/C(=C\C=C/CCNc1ccccn1)C1(C)CCSC(N)=N1. The first-order chi connectivity index (χ1) is 11.1. The number of amidine groups is 1. The first-order valence-electron chi connectivity index (χ1n) is 8.13. The van der Waals surface area contributed by atoms with Gasteiger partial charge in [-0.1, -0.05) is 43.0 Å². The van der Waals surface area contributed by atoms with Gasteiger partial charge in [-0.3, -0.25) is 4.99 Å². The summed E-state index contributed by atoms with van der Waals surface area (Å²) in [6.07, 6.45) is 11.3. The van der Waals surface area contributed by atoms with Crippen LogP contribution in [0.15, 0.2) is 53.2 Å². The predicted molar refractivity (Wildman–Crippen MR) is 102 cm³/mol. The smallest absolute Gasteiger partial charge is 0.154 e. The van der Waals surface area contributed by atoms with E-state index in [0.717, 1.165) is 37.4 Å². The zero-order chi connectivity index (χ0) is 16.5. The number of anilines is 1. The standard InChI is InChI=1S/C18H26N4S/c1-3-15(18(2)11-14-23-17(19)22-18)9-5-4-7-12-20-16-10-6-8-13-21-16/h4-6,8-10,13H,3,7,11-12,14H2,1-2H3,(H2,19,22)(H,20,21)/b5-4-,15-9+. The molecule has 1 aliphatic heterocycles. The molecule has 0 radical (unpaired) electrons. The molecule has 5 heteroatoms. The summed E-state index contributed by atoms with van der Waals surface area (Å²) in [4.78, 5) is 8.91. The van der Waals surface area contributed by atoms with Crippen molar-refractivity contribution < 1.29 is 0 Å². The molecule has 0 fully saturated rings. The molecule has 0 aliphatic carbocycles. The number of nitrogens with two attached hydrogens (primary N) is 1. The molecular weight excluding hydrogens is 304 g/mol. The number of aromatic nitrogens is 1. The highest BCUT2D eigenvalue weighted by atomic mass is 32.2. The highest BCUT2D eigenvalue weighted by Crippen LogP contribution is 2.33. The lowest BCUT2D eigenvalue weighted by molar-refractivity contribution is 0.521. The van der Waals surface area contributed by atoms with Crippen molar-refractivity contribution in [2.45, 2.75) is 38.6 Å². The van der Waals surface area contributed by atoms with Gasteiger partial charge in [-0.25, -0.2) is 4.98 Å². The summed E-state index contributed by atoms with van der Waals surface area (Å²) in [6.45, 7) is 5.24. The molecular formula is C18H26N4S. The van der Waals surface area contributed by atoms with Gasteiger partial charge in [0.25, 0.3) is 0 Å². The van der Waals surface area contributed by atoms with Crippen molar-refractivity contribution >= 4 is 22.7 Å². The molecule has 0 spiro atoms. The van der Waals surface area contributed by atoms with Crippen LogP contribution >= 0.6 is 11.8 Å². The summed E-state index contributed by atoms with van der Waals surface area (Å²) < 4.78 is 0. The third-order valence-electron chi connectivity index (χ3n) is 3.98. The molecule has 3 N–H and O–H groups in total. The normalized spacial score (nSPS) is 22.2. The molecule has 0 saturated heterocycles. The van der Waals surface area contributed by atoms with Crippen LogP contribution in [0, 0.1) is 0 Å². The fourth-order valence-electron chi connectivity index (χ4n) is 2.63. The van der Waals surface area contributed by atoms with Crippen molar-refractivity contribution in [3.05, 3.63) is 48.2 Å². The van der Waals surface area contributed by atoms with E-state index in [4.69, 9.17) is 5.73 Å². The number of hydrogen-bond donors (Lipinski definition) is 2. The summed E-state index contributed by atoms with van der Waals surface area (Å²) in [5, 5.41) is 4.01. The Morgan fingerprint density at radius 3 is 3.04 bits per heavy atom. The zero-order valence-corrected chi connectivity index (χ0v) is 14.8. The van der Waals surface area contributed by atoms with Crippen molar-refractivity contribution in [3.63, 3.8) is 0 Å². The molecule has 1 aliphatic rings. The van der Waals surface area contributed by atoms with Gasteiger partial charge in [-0.2, -0.15) is 0 Å². The topological polar surface area (TPSA) is 63.3 Å². The molecule has 1 aromatic heterocycles. The zero-order valence-electron chi connectivity index (χ0n) is 14.0. The van der Waals surface area contributed by atoms with E-state index in [-0.39, 0.29) is 5.54 Å². The molecule has 0 amide bonds. The van der Waals surface area contributed by atoms with Crippen LogP contribution < -0.4 is 11.1 Å². The number of allylic oxidation sites excluding steroid dienone is 2. The largest absolute Gasteiger partial charge is 0.379 e. The Kier molecular flexibility index (Phi) is 6.71. The minimum Gasteiger partial charge on any atom is -0.379 e. The average Bonchev–Trinajstić information content (AvgIpc) is 2.54. The second kappa shape index (κ2) is 8.77. The van der Waals surface area contributed by atoms with Gasteiger partial charge in [0.15, 0.2) is 5.17 Å². The van der Waals surface area contributed by atoms with Crippen LogP contribution in [0.5, 0.6) is 0 Å². The second-order valence-corrected chi connectivity index (χ2v) is 6.84. The van der Waals surface area contributed by atoms with Crippen molar-refractivity contribution in [2.75, 3.05) is 17.6 Å². The van der Waals surface area contributed by atoms with Gasteiger partial charge in [-0.15, -0.1) is 0 Å². The van der Waals surface area contributed by atoms with Crippen LogP contribution in [0.2, 0.25) is 0 Å². The van der Waals surface area contributed by atoms with Gasteiger partial charge in [0.2, 0.25) is 0 Å². The van der Waals surface area contributed by atoms with E-state index in [1.165, 1.54) is 5.57 Å². The summed E-state index contributed by atoms with van der Waals surface area (Å²) in [6, 6.07) is 5.88. The Labute approximate surface area is 143 Å². The number of rotatable bonds is 7. The summed E-state index contributed by atoms with van der Waals surface area (Å²) >= 11 is 1.65. The molecule has 2 rings (SSSR count). The van der Waals surface area contributed by atoms with Crippen LogP contribution in [0.4, 0.5) is 5.82 Å². The van der Waals surface area contributed by atoms with Gasteiger partial charge in [0.05, 0.1) is 5.54 Å². The van der Waals surface area contributed by atoms with Crippen LogP contribution in [0.1, 0.15) is 33.1 Å². The third-order valence-corrected chi connectivity index (χ3v) is 4.78. The maximum Gasteiger partial charge on any atom is 0.154 e. The van der Waals surface area contributed by atoms with Crippen LogP contribution in [0.3, 0.4) is 0 Å². The van der Waals surface area contributed by atoms with Crippen molar-refractivity contribution in [1.82, 2.24) is 4.98 Å². The minimum atomic E-state index is -0.138. The van der Waals surface area contributed by atoms with Gasteiger partial charge < -0.3 is 11.1 Å². The second-order valence-electron chi connectivity index (χ2n) is 5.73. The van der Waals surface area contributed by atoms with Gasteiger partial charge >= 0.3 is 0 Å². The van der Waals surface area contributed by atoms with E-state index in [1.54, 1.807) is 18.0 Å². The van der Waals surface area contributed by atoms with E-state index in [0.29, 0.717) is 5.17 Å². The quantitative estimate of drug-likeness (QED) is 0.586. The van der Waals surface area contributed by atoms with Crippen molar-refractivity contribution in [3.8, 4) is 0 Å². The monoisotopic (exact) mass is 330 g/mol. The molecule has 0 bridgehead atoms. The molecule has 2 heterocycles. The highest BCUT2D eigenvalue weighted by molar-refractivity contribution is 8.13. The van der Waals surface area contributed by atoms with E-state index >= 15 is 0 Å². The number of nitrogens with zero attached hydrogens (tertiary/aromatic N) is 2. The summed E-state index contributed by atoms with van der Waals surface area (Å²) in [5.41, 5.74) is 7.11. The van der Waals surface area contributed by atoms with Gasteiger partial charge in [0, 0.05) is 18.5 Å². The lowest BCUT2D eigenvalue weighted by atomic mass is 9.87. The third kappa shape index (κ3) is 5.43. The Morgan fingerprint density at radius 1 is 1.48 bits per heavy atom. The Bertz CT molecular complexity index is 580. The van der Waals surface area contributed by atoms with Gasteiger partial charge in [0.1, 0.15) is 5.82 Å². The molecule has 4 nitrogen and oxygen atoms in total. The molecule has 1 aromatic rings. The highest BCUT2D eigenvalue weighted by Gasteiger charge is 2.29. The van der Waals surface area contributed by atoms with Crippen molar-refractivity contribution in [2.24, 2.45) is 10.7 Å². The number of pyridine rings is 1. The van der Waals surface area contributed by atoms with Crippen molar-refractivity contribution in [1.29, 1.82) is 0 Å². The first-order valence-corrected chi connectivity index (χ1v) is 9.12. The Hall–Kier alpha value is -1.75. The molecule has 23 heavy (non-hydrogen) atoms. The maximum absolute atomic E-state index is 5.91. The Morgan fingerprint density at radius 2 is 2.35 bits per heavy atom. The lowest BCUT2D eigenvalue weighted by Gasteiger charge is -2.31. The Balaban J connectivity index is 1.85. The molecule has 0 saturated carbocycles. The fraction of sp³-hybridized carbons (Fsp3) is 0.444. The summed E-state index contributed by atoms with van der Waals surface area (Å²) in [7, 11) is 0. The maximum atomic E-state index is 5.91. The average molecular weight is 331 g/mol. The lowest BCUT2D eigenvalue weighted by Crippen LogP contribution is -2.32. The van der Waals surface area contributed by atoms with Crippen LogP contribution in [-0.2, 0) is 0 Å². The molecule has 1 atom stereocenters. The predicted octanol–water partition coefficient (Wildman–Crippen LogP) is 3.99. The fourth-order valence-corrected chi connectivity index (χ4v) is 3.60. The number of hydrogen-bond acceptors (Lipinski definition) is 5. The summed E-state index contributed by atoms with van der Waals surface area (Å²) in [5.74, 6) is 1.96. The van der Waals surface area contributed by atoms with Crippen LogP contribution in [-0.4, -0.2) is 28.0 Å². The van der Waals surface area contributed by atoms with E-state index in [9.17, 15) is 0 Å². The van der Waals surface area contributed by atoms with Gasteiger partial charge in [-0.05, 0) is 43.9 Å². The van der Waals surface area contributed by atoms with E-state index < -0.39 is 0 Å². The van der Waals surface area contributed by atoms with E-state index in [1.807, 2.05) is 18.2 Å². The minimum absolute atomic E-state index is 0.138. The number of thioether (sulfide) groups is 1. The van der Waals surface area contributed by atoms with E-state index in [2.05, 4.69) is 47.4 Å². The molecule has 1 unspecified atom stereocenters. The first kappa shape index (κ1) is 17.6. The van der Waals surface area contributed by atoms with Crippen LogP contribution in [0.25, 0.3) is 0 Å². The molecule has 0 aromatic carbocycles.